The second-order valence-corrected chi connectivity index (χ2v) is 3.81. The summed E-state index contributed by atoms with van der Waals surface area (Å²) in [5.41, 5.74) is 6.07. The standard InChI is InChI=1S/C12H18N4O3/c1-3-10(11(13)16-18)15-12(17)14-8-4-6-9(19-2)7-5-8/h4-7,10,18H,3H2,1-2H3,(H2,13,16)(H2,14,15,17). The van der Waals surface area contributed by atoms with Crippen LogP contribution in [0.15, 0.2) is 29.4 Å². The third-order valence-corrected chi connectivity index (χ3v) is 2.53. The largest absolute Gasteiger partial charge is 0.497 e. The minimum absolute atomic E-state index is 0.0348. The Morgan fingerprint density at radius 3 is 2.58 bits per heavy atom. The Bertz CT molecular complexity index is 445. The molecule has 0 fully saturated rings. The molecule has 7 nitrogen and oxygen atoms in total. The highest BCUT2D eigenvalue weighted by Gasteiger charge is 2.14. The van der Waals surface area contributed by atoms with Crippen LogP contribution in [0.5, 0.6) is 5.75 Å². The first kappa shape index (κ1) is 14.6. The number of carbonyl (C=O) groups excluding carboxylic acids is 1. The molecule has 1 aromatic rings. The molecule has 1 unspecified atom stereocenters. The van der Waals surface area contributed by atoms with Crippen LogP contribution in [0.1, 0.15) is 13.3 Å². The van der Waals surface area contributed by atoms with Crippen molar-refractivity contribution in [1.82, 2.24) is 5.32 Å². The van der Waals surface area contributed by atoms with Crippen LogP contribution < -0.4 is 21.1 Å². The molecule has 2 amide bonds. The van der Waals surface area contributed by atoms with E-state index in [0.717, 1.165) is 0 Å². The molecule has 0 saturated carbocycles. The quantitative estimate of drug-likeness (QED) is 0.279. The van der Waals surface area contributed by atoms with Crippen molar-refractivity contribution in [2.75, 3.05) is 12.4 Å². The van der Waals surface area contributed by atoms with E-state index < -0.39 is 12.1 Å². The van der Waals surface area contributed by atoms with Crippen molar-refractivity contribution in [3.05, 3.63) is 24.3 Å². The molecular weight excluding hydrogens is 248 g/mol. The van der Waals surface area contributed by atoms with E-state index in [0.29, 0.717) is 17.9 Å². The van der Waals surface area contributed by atoms with Gasteiger partial charge < -0.3 is 26.3 Å². The average molecular weight is 266 g/mol. The number of nitrogens with two attached hydrogens (primary N) is 1. The van der Waals surface area contributed by atoms with E-state index in [1.807, 2.05) is 6.92 Å². The molecule has 0 saturated heterocycles. The van der Waals surface area contributed by atoms with Gasteiger partial charge in [-0.2, -0.15) is 0 Å². The molecule has 0 heterocycles. The molecule has 19 heavy (non-hydrogen) atoms. The van der Waals surface area contributed by atoms with Gasteiger partial charge in [-0.25, -0.2) is 4.79 Å². The lowest BCUT2D eigenvalue weighted by atomic mass is 10.2. The van der Waals surface area contributed by atoms with Crippen molar-refractivity contribution in [1.29, 1.82) is 0 Å². The summed E-state index contributed by atoms with van der Waals surface area (Å²) < 4.78 is 5.01. The van der Waals surface area contributed by atoms with Gasteiger partial charge in [0, 0.05) is 5.69 Å². The molecular formula is C12H18N4O3. The Kier molecular flexibility index (Phi) is 5.46. The first-order valence-corrected chi connectivity index (χ1v) is 5.79. The third kappa shape index (κ3) is 4.38. The number of hydrogen-bond donors (Lipinski definition) is 4. The van der Waals surface area contributed by atoms with Crippen LogP contribution in [-0.4, -0.2) is 30.2 Å². The zero-order chi connectivity index (χ0) is 14.3. The zero-order valence-corrected chi connectivity index (χ0v) is 10.9. The van der Waals surface area contributed by atoms with Crippen molar-refractivity contribution < 1.29 is 14.7 Å². The Balaban J connectivity index is 2.58. The van der Waals surface area contributed by atoms with E-state index in [-0.39, 0.29) is 5.84 Å². The first-order valence-electron chi connectivity index (χ1n) is 5.79. The topological polar surface area (TPSA) is 109 Å². The normalized spacial score (nSPS) is 12.6. The predicted molar refractivity (Wildman–Crippen MR) is 72.6 cm³/mol. The van der Waals surface area contributed by atoms with Crippen LogP contribution in [0.2, 0.25) is 0 Å². The predicted octanol–water partition coefficient (Wildman–Crippen LogP) is 1.34. The van der Waals surface area contributed by atoms with Gasteiger partial charge in [0.1, 0.15) is 5.75 Å². The van der Waals surface area contributed by atoms with E-state index in [1.165, 1.54) is 0 Å². The van der Waals surface area contributed by atoms with E-state index in [9.17, 15) is 4.79 Å². The minimum atomic E-state index is -0.511. The smallest absolute Gasteiger partial charge is 0.319 e. The van der Waals surface area contributed by atoms with Crippen molar-refractivity contribution in [2.45, 2.75) is 19.4 Å². The summed E-state index contributed by atoms with van der Waals surface area (Å²) in [7, 11) is 1.57. The SMILES string of the molecule is CCC(NC(=O)Nc1ccc(OC)cc1)/C(N)=N/O. The van der Waals surface area contributed by atoms with Gasteiger partial charge in [0.25, 0.3) is 0 Å². The highest BCUT2D eigenvalue weighted by molar-refractivity contribution is 5.94. The van der Waals surface area contributed by atoms with E-state index in [1.54, 1.807) is 31.4 Å². The van der Waals surface area contributed by atoms with Crippen LogP contribution in [0.4, 0.5) is 10.5 Å². The van der Waals surface area contributed by atoms with Gasteiger partial charge in [0.15, 0.2) is 5.84 Å². The maximum absolute atomic E-state index is 11.7. The number of carbonyl (C=O) groups is 1. The summed E-state index contributed by atoms with van der Waals surface area (Å²) in [5, 5.41) is 16.7. The lowest BCUT2D eigenvalue weighted by Gasteiger charge is -2.15. The van der Waals surface area contributed by atoms with Crippen LogP contribution in [0.3, 0.4) is 0 Å². The van der Waals surface area contributed by atoms with Crippen LogP contribution in [-0.2, 0) is 0 Å². The van der Waals surface area contributed by atoms with E-state index in [4.69, 9.17) is 15.7 Å². The molecule has 104 valence electrons. The van der Waals surface area contributed by atoms with Gasteiger partial charge >= 0.3 is 6.03 Å². The molecule has 0 aliphatic rings. The molecule has 0 aliphatic carbocycles. The molecule has 1 rings (SSSR count). The number of urea groups is 1. The Hall–Kier alpha value is -2.44. The number of amides is 2. The Labute approximate surface area is 111 Å². The monoisotopic (exact) mass is 266 g/mol. The molecule has 5 N–H and O–H groups in total. The second-order valence-electron chi connectivity index (χ2n) is 3.81. The molecule has 1 aromatic carbocycles. The molecule has 0 aliphatic heterocycles. The lowest BCUT2D eigenvalue weighted by Crippen LogP contribution is -2.45. The van der Waals surface area contributed by atoms with Crippen molar-refractivity contribution >= 4 is 17.6 Å². The maximum Gasteiger partial charge on any atom is 0.319 e. The summed E-state index contributed by atoms with van der Waals surface area (Å²) in [5.74, 6) is 0.668. The number of nitrogens with one attached hydrogen (secondary N) is 2. The molecule has 7 heteroatoms. The van der Waals surface area contributed by atoms with Crippen molar-refractivity contribution in [3.63, 3.8) is 0 Å². The van der Waals surface area contributed by atoms with E-state index >= 15 is 0 Å². The highest BCUT2D eigenvalue weighted by Crippen LogP contribution is 2.14. The number of nitrogens with zero attached hydrogens (tertiary/aromatic N) is 1. The Morgan fingerprint density at radius 1 is 1.47 bits per heavy atom. The molecule has 0 radical (unpaired) electrons. The molecule has 0 bridgehead atoms. The first-order chi connectivity index (χ1) is 9.10. The summed E-state index contributed by atoms with van der Waals surface area (Å²) >= 11 is 0. The number of anilines is 1. The van der Waals surface area contributed by atoms with Gasteiger partial charge in [-0.3, -0.25) is 0 Å². The minimum Gasteiger partial charge on any atom is -0.497 e. The number of hydrogen-bond acceptors (Lipinski definition) is 4. The molecule has 0 aromatic heterocycles. The number of ether oxygens (including phenoxy) is 1. The second kappa shape index (κ2) is 7.10. The summed E-state index contributed by atoms with van der Waals surface area (Å²) in [6.45, 7) is 1.82. The van der Waals surface area contributed by atoms with Crippen molar-refractivity contribution in [3.8, 4) is 5.75 Å². The maximum atomic E-state index is 11.7. The van der Waals surface area contributed by atoms with Crippen LogP contribution in [0.25, 0.3) is 0 Å². The number of benzene rings is 1. The van der Waals surface area contributed by atoms with E-state index in [2.05, 4.69) is 15.8 Å². The van der Waals surface area contributed by atoms with Crippen molar-refractivity contribution in [2.24, 2.45) is 10.9 Å². The number of methoxy groups -OCH3 is 1. The summed E-state index contributed by atoms with van der Waals surface area (Å²) in [4.78, 5) is 11.7. The number of amidine groups is 1. The van der Waals surface area contributed by atoms with Crippen LogP contribution >= 0.6 is 0 Å². The molecule has 1 atom stereocenters. The van der Waals surface area contributed by atoms with Crippen LogP contribution in [0, 0.1) is 0 Å². The third-order valence-electron chi connectivity index (χ3n) is 2.53. The fourth-order valence-electron chi connectivity index (χ4n) is 1.45. The van der Waals surface area contributed by atoms with Gasteiger partial charge in [-0.05, 0) is 30.7 Å². The summed E-state index contributed by atoms with van der Waals surface area (Å²) in [6.07, 6.45) is 0.520. The number of oxime groups is 1. The summed E-state index contributed by atoms with van der Waals surface area (Å²) in [6, 6.07) is 5.95. The van der Waals surface area contributed by atoms with Gasteiger partial charge in [0.2, 0.25) is 0 Å². The fraction of sp³-hybridized carbons (Fsp3) is 0.333. The molecule has 0 spiro atoms. The average Bonchev–Trinajstić information content (AvgIpc) is 2.44. The van der Waals surface area contributed by atoms with Gasteiger partial charge in [-0.15, -0.1) is 0 Å². The fourth-order valence-corrected chi connectivity index (χ4v) is 1.45. The number of rotatable bonds is 5. The lowest BCUT2D eigenvalue weighted by molar-refractivity contribution is 0.250. The van der Waals surface area contributed by atoms with Gasteiger partial charge in [0.05, 0.1) is 13.2 Å². The zero-order valence-electron chi connectivity index (χ0n) is 10.9. The van der Waals surface area contributed by atoms with Gasteiger partial charge in [-0.1, -0.05) is 12.1 Å². The highest BCUT2D eigenvalue weighted by atomic mass is 16.5. The Morgan fingerprint density at radius 2 is 2.11 bits per heavy atom.